The molecule has 134 valence electrons. The Labute approximate surface area is 152 Å². The number of anilines is 1. The molecule has 2 N–H and O–H groups in total. The van der Waals surface area contributed by atoms with Gasteiger partial charge in [-0.15, -0.1) is 0 Å². The van der Waals surface area contributed by atoms with Crippen LogP contribution >= 0.6 is 0 Å². The highest BCUT2D eigenvalue weighted by molar-refractivity contribution is 5.92. The van der Waals surface area contributed by atoms with Crippen molar-refractivity contribution in [1.29, 1.82) is 5.26 Å². The van der Waals surface area contributed by atoms with Gasteiger partial charge in [0.05, 0.1) is 6.07 Å². The lowest BCUT2D eigenvalue weighted by atomic mass is 10.1. The molecular weight excluding hydrogens is 330 g/mol. The topological polar surface area (TPSA) is 91.2 Å². The van der Waals surface area contributed by atoms with E-state index in [0.29, 0.717) is 18.0 Å². The van der Waals surface area contributed by atoms with E-state index in [4.69, 9.17) is 10.00 Å². The monoisotopic (exact) mass is 351 g/mol. The number of carbonyl (C=O) groups excluding carboxylic acids is 2. The molecule has 2 rings (SSSR count). The van der Waals surface area contributed by atoms with Gasteiger partial charge in [0.25, 0.3) is 5.91 Å². The lowest BCUT2D eigenvalue weighted by molar-refractivity contribution is -0.120. The Morgan fingerprint density at radius 3 is 2.65 bits per heavy atom. The lowest BCUT2D eigenvalue weighted by Crippen LogP contribution is -2.22. The molecule has 2 aromatic rings. The molecule has 6 heteroatoms. The zero-order chi connectivity index (χ0) is 18.9. The molecular formula is C20H21N3O3. The third-order valence-electron chi connectivity index (χ3n) is 3.85. The van der Waals surface area contributed by atoms with Gasteiger partial charge >= 0.3 is 0 Å². The Hall–Kier alpha value is -3.33. The van der Waals surface area contributed by atoms with Crippen LogP contribution in [0.15, 0.2) is 42.5 Å². The fraction of sp³-hybridized carbons (Fsp3) is 0.250. The van der Waals surface area contributed by atoms with Gasteiger partial charge in [-0.25, -0.2) is 0 Å². The minimum Gasteiger partial charge on any atom is -0.483 e. The van der Waals surface area contributed by atoms with Crippen molar-refractivity contribution in [1.82, 2.24) is 5.32 Å². The van der Waals surface area contributed by atoms with Crippen LogP contribution in [0.2, 0.25) is 0 Å². The third-order valence-corrected chi connectivity index (χ3v) is 3.85. The Bertz CT molecular complexity index is 840. The van der Waals surface area contributed by atoms with Gasteiger partial charge in [0.1, 0.15) is 12.2 Å². The fourth-order valence-corrected chi connectivity index (χ4v) is 2.31. The quantitative estimate of drug-likeness (QED) is 0.802. The second-order valence-electron chi connectivity index (χ2n) is 5.85. The molecule has 0 aliphatic carbocycles. The van der Waals surface area contributed by atoms with E-state index >= 15 is 0 Å². The number of amides is 2. The summed E-state index contributed by atoms with van der Waals surface area (Å²) in [5.41, 5.74) is 3.56. The highest BCUT2D eigenvalue weighted by Crippen LogP contribution is 2.20. The molecule has 0 unspecified atom stereocenters. The summed E-state index contributed by atoms with van der Waals surface area (Å²) in [4.78, 5) is 23.4. The number of nitrogens with one attached hydrogen (secondary N) is 2. The van der Waals surface area contributed by atoms with Crippen LogP contribution in [0, 0.1) is 25.2 Å². The van der Waals surface area contributed by atoms with Gasteiger partial charge in [-0.2, -0.15) is 5.26 Å². The molecule has 0 saturated heterocycles. The van der Waals surface area contributed by atoms with E-state index in [0.717, 1.165) is 16.7 Å². The van der Waals surface area contributed by atoms with Crippen molar-refractivity contribution in [3.63, 3.8) is 0 Å². The van der Waals surface area contributed by atoms with Gasteiger partial charge in [0.2, 0.25) is 5.91 Å². The number of benzene rings is 2. The van der Waals surface area contributed by atoms with Gasteiger partial charge in [-0.05, 0) is 48.7 Å². The first-order valence-corrected chi connectivity index (χ1v) is 8.21. The molecule has 0 bridgehead atoms. The predicted molar refractivity (Wildman–Crippen MR) is 98.6 cm³/mol. The van der Waals surface area contributed by atoms with E-state index in [1.165, 1.54) is 0 Å². The number of hydrogen-bond donors (Lipinski definition) is 2. The first-order chi connectivity index (χ1) is 12.5. The average molecular weight is 351 g/mol. The molecule has 0 aliphatic heterocycles. The fourth-order valence-electron chi connectivity index (χ4n) is 2.31. The second kappa shape index (κ2) is 9.23. The maximum Gasteiger partial charge on any atom is 0.262 e. The van der Waals surface area contributed by atoms with Crippen LogP contribution in [0.25, 0.3) is 0 Å². The van der Waals surface area contributed by atoms with Gasteiger partial charge in [0, 0.05) is 12.2 Å². The van der Waals surface area contributed by atoms with Crippen LogP contribution in [0.3, 0.4) is 0 Å². The van der Waals surface area contributed by atoms with Crippen LogP contribution in [0.1, 0.15) is 23.1 Å². The second-order valence-corrected chi connectivity index (χ2v) is 5.85. The average Bonchev–Trinajstić information content (AvgIpc) is 2.62. The summed E-state index contributed by atoms with van der Waals surface area (Å²) in [7, 11) is 0. The van der Waals surface area contributed by atoms with Crippen molar-refractivity contribution >= 4 is 17.5 Å². The Balaban J connectivity index is 1.88. The summed E-state index contributed by atoms with van der Waals surface area (Å²) in [6.07, 6.45) is -0.174. The summed E-state index contributed by atoms with van der Waals surface area (Å²) in [5.74, 6) is 0.0922. The summed E-state index contributed by atoms with van der Waals surface area (Å²) in [5, 5.41) is 13.9. The number of rotatable bonds is 7. The van der Waals surface area contributed by atoms with E-state index in [-0.39, 0.29) is 24.8 Å². The lowest BCUT2D eigenvalue weighted by Gasteiger charge is -2.11. The maximum absolute atomic E-state index is 12.1. The van der Waals surface area contributed by atoms with Crippen molar-refractivity contribution in [3.8, 4) is 11.8 Å². The van der Waals surface area contributed by atoms with Crippen molar-refractivity contribution in [2.75, 3.05) is 11.9 Å². The zero-order valence-corrected chi connectivity index (χ0v) is 14.8. The Morgan fingerprint density at radius 2 is 1.88 bits per heavy atom. The summed E-state index contributed by atoms with van der Waals surface area (Å²) < 4.78 is 5.59. The molecule has 0 radical (unpaired) electrons. The van der Waals surface area contributed by atoms with Crippen molar-refractivity contribution < 1.29 is 14.3 Å². The van der Waals surface area contributed by atoms with E-state index in [1.807, 2.05) is 38.1 Å². The van der Waals surface area contributed by atoms with Crippen LogP contribution in [-0.2, 0) is 16.1 Å². The smallest absolute Gasteiger partial charge is 0.262 e. The van der Waals surface area contributed by atoms with Crippen molar-refractivity contribution in [3.05, 3.63) is 59.2 Å². The molecule has 0 aliphatic rings. The number of hydrogen-bond acceptors (Lipinski definition) is 4. The SMILES string of the molecule is Cc1cccc(OCC(=O)Nc2cccc(CNC(=O)CC#N)c2)c1C. The van der Waals surface area contributed by atoms with Crippen LogP contribution < -0.4 is 15.4 Å². The van der Waals surface area contributed by atoms with E-state index in [2.05, 4.69) is 10.6 Å². The molecule has 2 amide bonds. The Kier molecular flexibility index (Phi) is 6.75. The molecule has 0 aromatic heterocycles. The number of nitriles is 1. The standard InChI is InChI=1S/C20H21N3O3/c1-14-5-3-8-18(15(14)2)26-13-20(25)23-17-7-4-6-16(11-17)12-22-19(24)9-10-21/h3-8,11H,9,12-13H2,1-2H3,(H,22,24)(H,23,25). The molecule has 0 fully saturated rings. The molecule has 0 atom stereocenters. The molecule has 2 aromatic carbocycles. The molecule has 0 saturated carbocycles. The normalized spacial score (nSPS) is 9.88. The number of nitrogens with zero attached hydrogens (tertiary/aromatic N) is 1. The Morgan fingerprint density at radius 1 is 1.12 bits per heavy atom. The molecule has 0 spiro atoms. The van der Waals surface area contributed by atoms with Crippen LogP contribution in [-0.4, -0.2) is 18.4 Å². The predicted octanol–water partition coefficient (Wildman–Crippen LogP) is 2.85. The van der Waals surface area contributed by atoms with E-state index in [9.17, 15) is 9.59 Å². The largest absolute Gasteiger partial charge is 0.483 e. The summed E-state index contributed by atoms with van der Waals surface area (Å²) in [6.45, 7) is 4.15. The molecule has 26 heavy (non-hydrogen) atoms. The molecule has 6 nitrogen and oxygen atoms in total. The summed E-state index contributed by atoms with van der Waals surface area (Å²) in [6, 6.07) is 14.6. The van der Waals surface area contributed by atoms with Crippen LogP contribution in [0.5, 0.6) is 5.75 Å². The van der Waals surface area contributed by atoms with Gasteiger partial charge in [0.15, 0.2) is 6.61 Å². The van der Waals surface area contributed by atoms with Crippen molar-refractivity contribution in [2.24, 2.45) is 0 Å². The number of ether oxygens (including phenoxy) is 1. The highest BCUT2D eigenvalue weighted by atomic mass is 16.5. The van der Waals surface area contributed by atoms with Crippen molar-refractivity contribution in [2.45, 2.75) is 26.8 Å². The zero-order valence-electron chi connectivity index (χ0n) is 14.8. The van der Waals surface area contributed by atoms with Crippen LogP contribution in [0.4, 0.5) is 5.69 Å². The summed E-state index contributed by atoms with van der Waals surface area (Å²) >= 11 is 0. The minimum absolute atomic E-state index is 0.0899. The maximum atomic E-state index is 12.1. The minimum atomic E-state index is -0.330. The number of carbonyl (C=O) groups is 2. The first kappa shape index (κ1) is 19.0. The highest BCUT2D eigenvalue weighted by Gasteiger charge is 2.07. The molecule has 0 heterocycles. The van der Waals surface area contributed by atoms with Gasteiger partial charge in [-0.1, -0.05) is 24.3 Å². The van der Waals surface area contributed by atoms with Gasteiger partial charge < -0.3 is 15.4 Å². The first-order valence-electron chi connectivity index (χ1n) is 8.21. The number of aryl methyl sites for hydroxylation is 1. The third kappa shape index (κ3) is 5.64. The van der Waals surface area contributed by atoms with E-state index < -0.39 is 0 Å². The van der Waals surface area contributed by atoms with E-state index in [1.54, 1.807) is 24.3 Å². The van der Waals surface area contributed by atoms with Gasteiger partial charge in [-0.3, -0.25) is 9.59 Å².